The first-order chi connectivity index (χ1) is 9.81. The highest BCUT2D eigenvalue weighted by molar-refractivity contribution is 5.93. The summed E-state index contributed by atoms with van der Waals surface area (Å²) in [5.41, 5.74) is 5.46. The Bertz CT molecular complexity index is 518. The molecule has 0 saturated heterocycles. The summed E-state index contributed by atoms with van der Waals surface area (Å²) < 4.78 is 18.5. The molecule has 21 heavy (non-hydrogen) atoms. The summed E-state index contributed by atoms with van der Waals surface area (Å²) in [5, 5.41) is 2.66. The summed E-state index contributed by atoms with van der Waals surface area (Å²) in [6, 6.07) is 3.61. The number of halogens is 1. The number of nitrogens with two attached hydrogens (primary N) is 1. The van der Waals surface area contributed by atoms with Crippen LogP contribution >= 0.6 is 0 Å². The molecule has 0 fully saturated rings. The topological polar surface area (TPSA) is 81.4 Å². The van der Waals surface area contributed by atoms with Gasteiger partial charge in [0.15, 0.2) is 6.10 Å². The Balaban J connectivity index is 2.57. The lowest BCUT2D eigenvalue weighted by Gasteiger charge is -2.14. The molecule has 1 unspecified atom stereocenters. The Morgan fingerprint density at radius 1 is 1.33 bits per heavy atom. The zero-order valence-corrected chi connectivity index (χ0v) is 12.5. The zero-order chi connectivity index (χ0) is 16.0. The number of benzene rings is 1. The number of rotatable bonds is 6. The maximum Gasteiger partial charge on any atom is 0.341 e. The van der Waals surface area contributed by atoms with Gasteiger partial charge >= 0.3 is 5.97 Å². The molecular weight excluding hydrogens is 275 g/mol. The lowest BCUT2D eigenvalue weighted by Crippen LogP contribution is -2.36. The highest BCUT2D eigenvalue weighted by Gasteiger charge is 2.21. The Morgan fingerprint density at radius 2 is 2.00 bits per heavy atom. The molecule has 116 valence electrons. The SMILES string of the molecule is CC(C)CCNC(=O)C(C)OC(=O)c1cc(N)ccc1F. The van der Waals surface area contributed by atoms with E-state index in [2.05, 4.69) is 5.32 Å². The molecule has 0 radical (unpaired) electrons. The Kier molecular flexibility index (Phi) is 6.14. The summed E-state index contributed by atoms with van der Waals surface area (Å²) in [5.74, 6) is -1.59. The average molecular weight is 296 g/mol. The van der Waals surface area contributed by atoms with Crippen molar-refractivity contribution in [3.8, 4) is 0 Å². The number of amides is 1. The molecule has 1 rings (SSSR count). The van der Waals surface area contributed by atoms with E-state index in [1.807, 2.05) is 13.8 Å². The van der Waals surface area contributed by atoms with Crippen LogP contribution in [-0.2, 0) is 9.53 Å². The predicted molar refractivity (Wildman–Crippen MR) is 78.2 cm³/mol. The molecule has 1 aromatic rings. The number of esters is 1. The monoisotopic (exact) mass is 296 g/mol. The number of anilines is 1. The highest BCUT2D eigenvalue weighted by Crippen LogP contribution is 2.14. The van der Waals surface area contributed by atoms with Crippen LogP contribution in [0.5, 0.6) is 0 Å². The van der Waals surface area contributed by atoms with Crippen LogP contribution in [0.15, 0.2) is 18.2 Å². The average Bonchev–Trinajstić information content (AvgIpc) is 2.40. The van der Waals surface area contributed by atoms with Gasteiger partial charge in [-0.1, -0.05) is 13.8 Å². The largest absolute Gasteiger partial charge is 0.449 e. The minimum atomic E-state index is -0.995. The number of nitrogens with one attached hydrogen (secondary N) is 1. The molecule has 0 spiro atoms. The fourth-order valence-electron chi connectivity index (χ4n) is 1.60. The van der Waals surface area contributed by atoms with Crippen molar-refractivity contribution in [3.05, 3.63) is 29.6 Å². The van der Waals surface area contributed by atoms with Crippen molar-refractivity contribution in [2.24, 2.45) is 5.92 Å². The normalized spacial score (nSPS) is 12.0. The molecule has 1 amide bonds. The van der Waals surface area contributed by atoms with Crippen molar-refractivity contribution >= 4 is 17.6 Å². The van der Waals surface area contributed by atoms with Crippen LogP contribution in [0.3, 0.4) is 0 Å². The standard InChI is InChI=1S/C15H21FN2O3/c1-9(2)6-7-18-14(19)10(3)21-15(20)12-8-11(17)4-5-13(12)16/h4-5,8-10H,6-7,17H2,1-3H3,(H,18,19). The molecule has 0 aromatic heterocycles. The van der Waals surface area contributed by atoms with E-state index in [1.165, 1.54) is 19.1 Å². The molecule has 0 heterocycles. The van der Waals surface area contributed by atoms with E-state index in [0.29, 0.717) is 12.5 Å². The zero-order valence-electron chi connectivity index (χ0n) is 12.5. The number of hydrogen-bond acceptors (Lipinski definition) is 4. The van der Waals surface area contributed by atoms with E-state index >= 15 is 0 Å². The van der Waals surface area contributed by atoms with E-state index in [4.69, 9.17) is 10.5 Å². The Hall–Kier alpha value is -2.11. The van der Waals surface area contributed by atoms with Crippen molar-refractivity contribution < 1.29 is 18.7 Å². The van der Waals surface area contributed by atoms with Gasteiger partial charge in [0.25, 0.3) is 5.91 Å². The van der Waals surface area contributed by atoms with Gasteiger partial charge in [-0.3, -0.25) is 4.79 Å². The van der Waals surface area contributed by atoms with E-state index in [9.17, 15) is 14.0 Å². The van der Waals surface area contributed by atoms with Crippen molar-refractivity contribution in [2.45, 2.75) is 33.3 Å². The fourth-order valence-corrected chi connectivity index (χ4v) is 1.60. The van der Waals surface area contributed by atoms with Gasteiger partial charge in [-0.2, -0.15) is 0 Å². The summed E-state index contributed by atoms with van der Waals surface area (Å²) >= 11 is 0. The van der Waals surface area contributed by atoms with Gasteiger partial charge in [0.2, 0.25) is 0 Å². The number of ether oxygens (including phenoxy) is 1. The minimum absolute atomic E-state index is 0.248. The molecule has 6 heteroatoms. The number of hydrogen-bond donors (Lipinski definition) is 2. The van der Waals surface area contributed by atoms with Crippen molar-refractivity contribution in [1.82, 2.24) is 5.32 Å². The van der Waals surface area contributed by atoms with Crippen LogP contribution < -0.4 is 11.1 Å². The van der Waals surface area contributed by atoms with Gasteiger partial charge in [0.1, 0.15) is 5.82 Å². The summed E-state index contributed by atoms with van der Waals surface area (Å²) in [6.07, 6.45) is -0.165. The minimum Gasteiger partial charge on any atom is -0.449 e. The van der Waals surface area contributed by atoms with Crippen LogP contribution in [0, 0.1) is 11.7 Å². The third-order valence-electron chi connectivity index (χ3n) is 2.88. The lowest BCUT2D eigenvalue weighted by molar-refractivity contribution is -0.129. The molecule has 5 nitrogen and oxygen atoms in total. The Morgan fingerprint density at radius 3 is 2.62 bits per heavy atom. The third kappa shape index (κ3) is 5.41. The van der Waals surface area contributed by atoms with Crippen molar-refractivity contribution in [3.63, 3.8) is 0 Å². The molecule has 1 aromatic carbocycles. The smallest absolute Gasteiger partial charge is 0.341 e. The molecule has 0 aliphatic heterocycles. The number of nitrogen functional groups attached to an aromatic ring is 1. The molecule has 0 aliphatic rings. The second-order valence-corrected chi connectivity index (χ2v) is 5.26. The van der Waals surface area contributed by atoms with Gasteiger partial charge in [-0.05, 0) is 37.5 Å². The second kappa shape index (κ2) is 7.61. The van der Waals surface area contributed by atoms with Gasteiger partial charge < -0.3 is 15.8 Å². The molecule has 0 saturated carbocycles. The first-order valence-electron chi connectivity index (χ1n) is 6.85. The van der Waals surface area contributed by atoms with Gasteiger partial charge in [-0.15, -0.1) is 0 Å². The third-order valence-corrected chi connectivity index (χ3v) is 2.88. The maximum atomic E-state index is 13.5. The van der Waals surface area contributed by atoms with Crippen LogP contribution in [-0.4, -0.2) is 24.5 Å². The highest BCUT2D eigenvalue weighted by atomic mass is 19.1. The second-order valence-electron chi connectivity index (χ2n) is 5.26. The van der Waals surface area contributed by atoms with Crippen LogP contribution in [0.2, 0.25) is 0 Å². The first kappa shape index (κ1) is 16.9. The summed E-state index contributed by atoms with van der Waals surface area (Å²) in [6.45, 7) is 6.02. The van der Waals surface area contributed by atoms with Crippen molar-refractivity contribution in [1.29, 1.82) is 0 Å². The predicted octanol–water partition coefficient (Wildman–Crippen LogP) is 2.12. The summed E-state index contributed by atoms with van der Waals surface area (Å²) in [7, 11) is 0. The lowest BCUT2D eigenvalue weighted by atomic mass is 10.1. The van der Waals surface area contributed by atoms with Crippen molar-refractivity contribution in [2.75, 3.05) is 12.3 Å². The molecule has 3 N–H and O–H groups in total. The quantitative estimate of drug-likeness (QED) is 0.622. The molecule has 0 bridgehead atoms. The van der Waals surface area contributed by atoms with Gasteiger partial charge in [0.05, 0.1) is 5.56 Å². The van der Waals surface area contributed by atoms with Crippen LogP contribution in [0.4, 0.5) is 10.1 Å². The number of carbonyl (C=O) groups excluding carboxylic acids is 2. The van der Waals surface area contributed by atoms with E-state index in [1.54, 1.807) is 0 Å². The Labute approximate surface area is 123 Å². The van der Waals surface area contributed by atoms with E-state index in [-0.39, 0.29) is 11.3 Å². The first-order valence-corrected chi connectivity index (χ1v) is 6.85. The van der Waals surface area contributed by atoms with Crippen LogP contribution in [0.1, 0.15) is 37.6 Å². The maximum absolute atomic E-state index is 13.5. The van der Waals surface area contributed by atoms with Gasteiger partial charge in [0, 0.05) is 12.2 Å². The van der Waals surface area contributed by atoms with E-state index in [0.717, 1.165) is 12.5 Å². The molecular formula is C15H21FN2O3. The molecule has 1 atom stereocenters. The summed E-state index contributed by atoms with van der Waals surface area (Å²) in [4.78, 5) is 23.6. The van der Waals surface area contributed by atoms with E-state index < -0.39 is 23.8 Å². The molecule has 0 aliphatic carbocycles. The number of carbonyl (C=O) groups is 2. The van der Waals surface area contributed by atoms with Crippen LogP contribution in [0.25, 0.3) is 0 Å². The van der Waals surface area contributed by atoms with Gasteiger partial charge in [-0.25, -0.2) is 9.18 Å². The fraction of sp³-hybridized carbons (Fsp3) is 0.467.